The lowest BCUT2D eigenvalue weighted by molar-refractivity contribution is 0.0697. The molecule has 2 rings (SSSR count). The van der Waals surface area contributed by atoms with Crippen molar-refractivity contribution in [1.82, 2.24) is 0 Å². The zero-order valence-corrected chi connectivity index (χ0v) is 9.13. The van der Waals surface area contributed by atoms with Gasteiger partial charge in [-0.1, -0.05) is 11.6 Å². The van der Waals surface area contributed by atoms with Crippen molar-refractivity contribution >= 4 is 50.3 Å². The number of fused-ring (bicyclic) bond motifs is 1. The van der Waals surface area contributed by atoms with E-state index in [0.717, 1.165) is 5.69 Å². The van der Waals surface area contributed by atoms with Crippen LogP contribution in [0.25, 0.3) is 0 Å². The molecule has 1 aliphatic rings. The number of nitrogens with one attached hydrogen (secondary N) is 1. The highest BCUT2D eigenvalue weighted by atomic mass is 127. The number of aromatic carboxylic acids is 1. The van der Waals surface area contributed by atoms with Crippen molar-refractivity contribution in [3.05, 3.63) is 22.7 Å². The van der Waals surface area contributed by atoms with Crippen LogP contribution in [0.4, 0.5) is 11.4 Å². The Labute approximate surface area is 89.4 Å². The fraction of sp³-hybridized carbons (Fsp3) is 0. The van der Waals surface area contributed by atoms with Crippen LogP contribution in [0.5, 0.6) is 0 Å². The molecule has 0 unspecified atom stereocenters. The van der Waals surface area contributed by atoms with Gasteiger partial charge in [-0.15, -0.1) is 0 Å². The minimum atomic E-state index is -0.975. The van der Waals surface area contributed by atoms with Crippen LogP contribution in [0.1, 0.15) is 10.4 Å². The third-order valence-corrected chi connectivity index (χ3v) is 3.42. The van der Waals surface area contributed by atoms with Gasteiger partial charge in [-0.25, -0.2) is 7.94 Å². The molecular weight excluding hydrogens is 306 g/mol. The van der Waals surface area contributed by atoms with E-state index < -0.39 is 27.3 Å². The van der Waals surface area contributed by atoms with Gasteiger partial charge in [0.05, 0.1) is 16.3 Å². The first-order chi connectivity index (χ1) is 6.18. The number of nitrogens with zero attached hydrogens (tertiary/aromatic N) is 1. The van der Waals surface area contributed by atoms with Gasteiger partial charge >= 0.3 is 5.97 Å². The van der Waals surface area contributed by atoms with E-state index in [1.54, 1.807) is 6.07 Å². The standard InChI is InChI=1S/C7H4ClIN2O2/c8-4-1-3(7(12)13)2-5-6(4)11-9-10-5/h1-2H,(H,10,11)(H,12,13). The van der Waals surface area contributed by atoms with Crippen LogP contribution < -0.4 is 3.53 Å². The van der Waals surface area contributed by atoms with Crippen molar-refractivity contribution in [2.75, 3.05) is 3.53 Å². The summed E-state index contributed by atoms with van der Waals surface area (Å²) in [6.07, 6.45) is 0. The predicted molar refractivity (Wildman–Crippen MR) is 58.1 cm³/mol. The molecule has 1 aromatic rings. The second kappa shape index (κ2) is 3.22. The number of carboxylic acids is 1. The van der Waals surface area contributed by atoms with Gasteiger partial charge in [-0.2, -0.15) is 0 Å². The first kappa shape index (κ1) is 8.89. The van der Waals surface area contributed by atoms with Crippen LogP contribution in [0.15, 0.2) is 15.3 Å². The second-order valence-corrected chi connectivity index (χ2v) is 4.33. The van der Waals surface area contributed by atoms with Crippen LogP contribution in [0, 0.1) is 0 Å². The molecule has 6 heteroatoms. The Kier molecular flexibility index (Phi) is 2.20. The first-order valence-electron chi connectivity index (χ1n) is 3.35. The molecule has 1 aromatic carbocycles. The molecule has 0 spiro atoms. The lowest BCUT2D eigenvalue weighted by atomic mass is 10.2. The average molecular weight is 310 g/mol. The summed E-state index contributed by atoms with van der Waals surface area (Å²) in [5, 5.41) is 9.13. The minimum Gasteiger partial charge on any atom is -0.478 e. The van der Waals surface area contributed by atoms with Crippen molar-refractivity contribution in [2.45, 2.75) is 0 Å². The lowest BCUT2D eigenvalue weighted by Crippen LogP contribution is -1.96. The molecule has 13 heavy (non-hydrogen) atoms. The molecule has 2 N–H and O–H groups in total. The summed E-state index contributed by atoms with van der Waals surface area (Å²) in [6.45, 7) is 0. The normalized spacial score (nSPS) is 13.0. The number of rotatable bonds is 1. The number of hydrogen-bond donors (Lipinski definition) is 2. The first-order valence-corrected chi connectivity index (χ1v) is 5.77. The maximum Gasteiger partial charge on any atom is 0.335 e. The summed E-state index contributed by atoms with van der Waals surface area (Å²) in [7, 11) is 0. The van der Waals surface area contributed by atoms with Gasteiger partial charge in [-0.3, -0.25) is 0 Å². The van der Waals surface area contributed by atoms with Crippen molar-refractivity contribution in [3.8, 4) is 0 Å². The van der Waals surface area contributed by atoms with Gasteiger partial charge in [0, 0.05) is 0 Å². The molecule has 0 saturated carbocycles. The Balaban J connectivity index is 2.59. The van der Waals surface area contributed by atoms with E-state index in [4.69, 9.17) is 16.7 Å². The fourth-order valence-electron chi connectivity index (χ4n) is 0.989. The Morgan fingerprint density at radius 2 is 2.38 bits per heavy atom. The third kappa shape index (κ3) is 1.53. The molecule has 0 fully saturated rings. The monoisotopic (exact) mass is 310 g/mol. The predicted octanol–water partition coefficient (Wildman–Crippen LogP) is 3.16. The average Bonchev–Trinajstić information content (AvgIpc) is 2.51. The van der Waals surface area contributed by atoms with Crippen LogP contribution in [-0.4, -0.2) is 11.1 Å². The Bertz CT molecular complexity index is 419. The van der Waals surface area contributed by atoms with Gasteiger partial charge in [0.25, 0.3) is 0 Å². The summed E-state index contributed by atoms with van der Waals surface area (Å²) in [4.78, 5) is 10.6. The van der Waals surface area contributed by atoms with Crippen molar-refractivity contribution in [1.29, 1.82) is 0 Å². The van der Waals surface area contributed by atoms with E-state index in [-0.39, 0.29) is 5.56 Å². The Morgan fingerprint density at radius 3 is 3.08 bits per heavy atom. The third-order valence-electron chi connectivity index (χ3n) is 1.58. The second-order valence-electron chi connectivity index (χ2n) is 2.42. The molecule has 0 atom stereocenters. The van der Waals surface area contributed by atoms with Gasteiger partial charge in [-0.05, 0) is 12.1 Å². The van der Waals surface area contributed by atoms with Crippen LogP contribution in [0.3, 0.4) is 0 Å². The Hall–Kier alpha value is -0.690. The van der Waals surface area contributed by atoms with Gasteiger partial charge in [0.15, 0.2) is 0 Å². The highest BCUT2D eigenvalue weighted by Crippen LogP contribution is 2.42. The van der Waals surface area contributed by atoms with Gasteiger partial charge in [0.1, 0.15) is 27.0 Å². The molecule has 1 heterocycles. The molecule has 68 valence electrons. The molecule has 1 aliphatic heterocycles. The zero-order chi connectivity index (χ0) is 9.42. The quantitative estimate of drug-likeness (QED) is 0.618. The number of benzene rings is 1. The van der Waals surface area contributed by atoms with Crippen molar-refractivity contribution < 1.29 is 9.90 Å². The van der Waals surface area contributed by atoms with Crippen molar-refractivity contribution in [2.24, 2.45) is 3.15 Å². The molecule has 0 aromatic heterocycles. The van der Waals surface area contributed by atoms with Crippen LogP contribution in [0.2, 0.25) is 5.02 Å². The van der Waals surface area contributed by atoms with Crippen LogP contribution in [-0.2, 0) is 0 Å². The smallest absolute Gasteiger partial charge is 0.335 e. The van der Waals surface area contributed by atoms with E-state index in [9.17, 15) is 4.79 Å². The minimum absolute atomic E-state index is 0.192. The number of hydrogen-bond acceptors (Lipinski definition) is 3. The van der Waals surface area contributed by atoms with Crippen molar-refractivity contribution in [3.63, 3.8) is 0 Å². The molecule has 0 aliphatic carbocycles. The fourth-order valence-corrected chi connectivity index (χ4v) is 2.95. The zero-order valence-electron chi connectivity index (χ0n) is 6.21. The van der Waals surface area contributed by atoms with E-state index in [0.29, 0.717) is 10.7 Å². The Morgan fingerprint density at radius 1 is 1.62 bits per heavy atom. The van der Waals surface area contributed by atoms with E-state index in [1.807, 2.05) is 0 Å². The topological polar surface area (TPSA) is 61.7 Å². The summed E-state index contributed by atoms with van der Waals surface area (Å²) in [5.74, 6) is -0.975. The lowest BCUT2D eigenvalue weighted by Gasteiger charge is -2.01. The highest BCUT2D eigenvalue weighted by Gasteiger charge is 2.15. The molecule has 0 saturated heterocycles. The number of halogens is 2. The molecular formula is C7H4ClIN2O2. The summed E-state index contributed by atoms with van der Waals surface area (Å²) in [6, 6.07) is 2.97. The van der Waals surface area contributed by atoms with E-state index >= 15 is 0 Å². The molecule has 0 amide bonds. The summed E-state index contributed by atoms with van der Waals surface area (Å²) >= 11 is 5.40. The number of carbonyl (C=O) groups is 1. The number of carboxylic acid groups (broad SMARTS) is 1. The van der Waals surface area contributed by atoms with E-state index in [2.05, 4.69) is 6.68 Å². The maximum absolute atomic E-state index is 10.6. The van der Waals surface area contributed by atoms with E-state index in [1.165, 1.54) is 6.07 Å². The largest absolute Gasteiger partial charge is 0.478 e. The number of anilines is 1. The van der Waals surface area contributed by atoms with Crippen LogP contribution >= 0.6 is 32.9 Å². The highest BCUT2D eigenvalue weighted by molar-refractivity contribution is 14.2. The molecule has 4 nitrogen and oxygen atoms in total. The van der Waals surface area contributed by atoms with Gasteiger partial charge < -0.3 is 8.64 Å². The van der Waals surface area contributed by atoms with Gasteiger partial charge in [0.2, 0.25) is 0 Å². The molecule has 0 radical (unpaired) electrons. The maximum atomic E-state index is 10.6. The summed E-state index contributed by atoms with van der Waals surface area (Å²) < 4.78 is 7.21. The molecule has 0 bridgehead atoms. The summed E-state index contributed by atoms with van der Waals surface area (Å²) in [5.41, 5.74) is 1.62. The SMILES string of the molecule is O=C(O)c1cc(Cl)c2c(c1)NI=N2.